The molecule has 3 saturated heterocycles. The fourth-order valence-electron chi connectivity index (χ4n) is 2.42. The van der Waals surface area contributed by atoms with Crippen LogP contribution in [0.25, 0.3) is 0 Å². The number of fused-ring (bicyclic) bond motifs is 3. The minimum atomic E-state index is 0.372. The van der Waals surface area contributed by atoms with Crippen LogP contribution in [0.15, 0.2) is 0 Å². The smallest absolute Gasteiger partial charge is 0.116 e. The molecule has 3 fully saturated rings. The minimum absolute atomic E-state index is 0.372. The number of hydrogen-bond donors (Lipinski definition) is 1. The largest absolute Gasteiger partial charge is 0.217 e. The lowest BCUT2D eigenvalue weighted by molar-refractivity contribution is -1.13. The van der Waals surface area contributed by atoms with Gasteiger partial charge in [-0.2, -0.15) is 4.65 Å². The van der Waals surface area contributed by atoms with Crippen LogP contribution in [0.2, 0.25) is 0 Å². The van der Waals surface area contributed by atoms with Crippen LogP contribution in [-0.2, 0) is 0 Å². The zero-order chi connectivity index (χ0) is 9.19. The summed E-state index contributed by atoms with van der Waals surface area (Å²) in [6.45, 7) is 8.18. The van der Waals surface area contributed by atoms with Gasteiger partial charge in [-0.1, -0.05) is 13.8 Å². The van der Waals surface area contributed by atoms with E-state index in [-0.39, 0.29) is 0 Å². The number of nitrogens with zero attached hydrogens (tertiary/aromatic N) is 1. The molecule has 1 atom stereocenters. The van der Waals surface area contributed by atoms with Gasteiger partial charge in [0.25, 0.3) is 0 Å². The summed E-state index contributed by atoms with van der Waals surface area (Å²) in [7, 11) is 0. The molecule has 0 aliphatic carbocycles. The number of hydroxylamine groups is 3. The van der Waals surface area contributed by atoms with Gasteiger partial charge in [0.1, 0.15) is 19.1 Å². The number of quaternary nitrogens is 1. The zero-order valence-electron chi connectivity index (χ0n) is 8.58. The average Bonchev–Trinajstić information content (AvgIpc) is 2.11. The summed E-state index contributed by atoms with van der Waals surface area (Å²) in [5.74, 6) is 0.933. The standard InChI is InChI=1S/C8H16NO.C2H6/c1-7-6-8-2-4-9(7,10)5-3-8;1-2/h7-8,10H,2-6H2,1H3;1-2H3/q+1;. The molecule has 72 valence electrons. The molecule has 12 heavy (non-hydrogen) atoms. The van der Waals surface area contributed by atoms with E-state index in [9.17, 15) is 5.21 Å². The van der Waals surface area contributed by atoms with Crippen LogP contribution >= 0.6 is 0 Å². The maximum absolute atomic E-state index is 9.92. The van der Waals surface area contributed by atoms with Crippen molar-refractivity contribution in [2.45, 2.75) is 46.1 Å². The molecule has 0 aromatic heterocycles. The highest BCUT2D eigenvalue weighted by molar-refractivity contribution is 4.73. The molecular formula is C10H22NO+. The summed E-state index contributed by atoms with van der Waals surface area (Å²) in [5.41, 5.74) is 0. The Balaban J connectivity index is 0.000000336. The first-order chi connectivity index (χ1) is 5.71. The molecule has 0 saturated carbocycles. The Morgan fingerprint density at radius 2 is 1.67 bits per heavy atom. The van der Waals surface area contributed by atoms with Gasteiger partial charge >= 0.3 is 0 Å². The molecule has 0 radical (unpaired) electrons. The van der Waals surface area contributed by atoms with E-state index in [0.29, 0.717) is 10.7 Å². The van der Waals surface area contributed by atoms with Gasteiger partial charge < -0.3 is 0 Å². The monoisotopic (exact) mass is 172 g/mol. The van der Waals surface area contributed by atoms with E-state index in [1.165, 1.54) is 19.3 Å². The highest BCUT2D eigenvalue weighted by atomic mass is 16.5. The van der Waals surface area contributed by atoms with Crippen molar-refractivity contribution >= 4 is 0 Å². The summed E-state index contributed by atoms with van der Waals surface area (Å²) >= 11 is 0. The summed E-state index contributed by atoms with van der Waals surface area (Å²) in [5, 5.41) is 9.92. The van der Waals surface area contributed by atoms with E-state index in [0.717, 1.165) is 19.0 Å². The maximum Gasteiger partial charge on any atom is 0.116 e. The fourth-order valence-corrected chi connectivity index (χ4v) is 2.42. The van der Waals surface area contributed by atoms with Crippen molar-refractivity contribution in [2.24, 2.45) is 5.92 Å². The second-order valence-electron chi connectivity index (χ2n) is 3.96. The lowest BCUT2D eigenvalue weighted by Gasteiger charge is -2.47. The van der Waals surface area contributed by atoms with Crippen LogP contribution in [-0.4, -0.2) is 29.0 Å². The van der Waals surface area contributed by atoms with Gasteiger partial charge in [0, 0.05) is 19.3 Å². The van der Waals surface area contributed by atoms with Crippen LogP contribution < -0.4 is 0 Å². The SMILES string of the molecule is CC.CC1CC2CC[N+]1(O)CC2. The Kier molecular flexibility index (Phi) is 3.13. The van der Waals surface area contributed by atoms with E-state index >= 15 is 0 Å². The van der Waals surface area contributed by atoms with Gasteiger partial charge in [-0.3, -0.25) is 0 Å². The molecule has 0 amide bonds. The molecule has 1 unspecified atom stereocenters. The van der Waals surface area contributed by atoms with Crippen molar-refractivity contribution < 1.29 is 9.85 Å². The van der Waals surface area contributed by atoms with Gasteiger partial charge in [-0.25, -0.2) is 5.21 Å². The summed E-state index contributed by atoms with van der Waals surface area (Å²) in [4.78, 5) is 0. The first-order valence-electron chi connectivity index (χ1n) is 5.30. The van der Waals surface area contributed by atoms with E-state index in [1.54, 1.807) is 0 Å². The molecule has 0 aromatic carbocycles. The van der Waals surface area contributed by atoms with Gasteiger partial charge in [-0.15, -0.1) is 0 Å². The normalized spacial score (nSPS) is 45.0. The van der Waals surface area contributed by atoms with Crippen molar-refractivity contribution in [3.05, 3.63) is 0 Å². The Morgan fingerprint density at radius 1 is 1.17 bits per heavy atom. The first kappa shape index (κ1) is 10.0. The first-order valence-corrected chi connectivity index (χ1v) is 5.30. The third kappa shape index (κ3) is 1.64. The molecule has 0 aromatic rings. The zero-order valence-corrected chi connectivity index (χ0v) is 8.58. The van der Waals surface area contributed by atoms with Gasteiger partial charge in [0.15, 0.2) is 0 Å². The van der Waals surface area contributed by atoms with Crippen LogP contribution in [0.4, 0.5) is 0 Å². The third-order valence-electron chi connectivity index (χ3n) is 3.34. The fraction of sp³-hybridized carbons (Fsp3) is 1.00. The Bertz CT molecular complexity index is 139. The van der Waals surface area contributed by atoms with Gasteiger partial charge in [0.05, 0.1) is 0 Å². The maximum atomic E-state index is 9.92. The van der Waals surface area contributed by atoms with E-state index in [1.807, 2.05) is 13.8 Å². The van der Waals surface area contributed by atoms with Crippen molar-refractivity contribution in [1.82, 2.24) is 0 Å². The van der Waals surface area contributed by atoms with E-state index in [2.05, 4.69) is 6.92 Å². The molecule has 3 rings (SSSR count). The number of hydrogen-bond acceptors (Lipinski definition) is 1. The molecular weight excluding hydrogens is 150 g/mol. The topological polar surface area (TPSA) is 20.2 Å². The third-order valence-corrected chi connectivity index (χ3v) is 3.34. The second kappa shape index (κ2) is 3.75. The number of rotatable bonds is 0. The predicted molar refractivity (Wildman–Crippen MR) is 49.9 cm³/mol. The van der Waals surface area contributed by atoms with Crippen molar-refractivity contribution in [3.8, 4) is 0 Å². The predicted octanol–water partition coefficient (Wildman–Crippen LogP) is 2.42. The molecule has 3 aliphatic rings. The van der Waals surface area contributed by atoms with Gasteiger partial charge in [-0.05, 0) is 12.8 Å². The van der Waals surface area contributed by atoms with E-state index in [4.69, 9.17) is 0 Å². The van der Waals surface area contributed by atoms with Crippen LogP contribution in [0.5, 0.6) is 0 Å². The highest BCUT2D eigenvalue weighted by Gasteiger charge is 2.44. The van der Waals surface area contributed by atoms with Crippen molar-refractivity contribution in [3.63, 3.8) is 0 Å². The molecule has 3 heterocycles. The highest BCUT2D eigenvalue weighted by Crippen LogP contribution is 2.35. The average molecular weight is 172 g/mol. The summed E-state index contributed by atoms with van der Waals surface area (Å²) in [6.07, 6.45) is 3.75. The molecule has 2 heteroatoms. The summed E-state index contributed by atoms with van der Waals surface area (Å²) < 4.78 is 0.372. The van der Waals surface area contributed by atoms with Crippen LogP contribution in [0.1, 0.15) is 40.0 Å². The Morgan fingerprint density at radius 3 is 1.92 bits per heavy atom. The lowest BCUT2D eigenvalue weighted by atomic mass is 9.83. The number of piperidine rings is 3. The van der Waals surface area contributed by atoms with Crippen LogP contribution in [0.3, 0.4) is 0 Å². The minimum Gasteiger partial charge on any atom is -0.217 e. The molecule has 2 nitrogen and oxygen atoms in total. The van der Waals surface area contributed by atoms with Crippen molar-refractivity contribution in [2.75, 3.05) is 13.1 Å². The molecule has 3 aliphatic heterocycles. The van der Waals surface area contributed by atoms with Crippen LogP contribution in [0, 0.1) is 5.92 Å². The van der Waals surface area contributed by atoms with Gasteiger partial charge in [0.2, 0.25) is 0 Å². The second-order valence-corrected chi connectivity index (χ2v) is 3.96. The van der Waals surface area contributed by atoms with E-state index < -0.39 is 0 Å². The van der Waals surface area contributed by atoms with Crippen molar-refractivity contribution in [1.29, 1.82) is 0 Å². The Hall–Kier alpha value is -0.0800. The quantitative estimate of drug-likeness (QED) is 0.556. The summed E-state index contributed by atoms with van der Waals surface area (Å²) in [6, 6.07) is 0.507. The molecule has 0 spiro atoms. The molecule has 2 bridgehead atoms. The Labute approximate surface area is 75.7 Å². The lowest BCUT2D eigenvalue weighted by Crippen LogP contribution is -2.60. The molecule has 1 N–H and O–H groups in total.